The van der Waals surface area contributed by atoms with Crippen molar-refractivity contribution in [2.75, 3.05) is 26.2 Å². The molecule has 2 heterocycles. The van der Waals surface area contributed by atoms with Crippen LogP contribution in [0, 0.1) is 0 Å². The molecule has 1 atom stereocenters. The van der Waals surface area contributed by atoms with Crippen LogP contribution >= 0.6 is 0 Å². The number of esters is 1. The van der Waals surface area contributed by atoms with Crippen molar-refractivity contribution in [2.45, 2.75) is 39.2 Å². The molecule has 1 N–H and O–H groups in total. The maximum Gasteiger partial charge on any atom is 0.328 e. The number of carbonyl (C=O) groups excluding carboxylic acids is 3. The topological polar surface area (TPSA) is 79.0 Å². The summed E-state index contributed by atoms with van der Waals surface area (Å²) in [5, 5.41) is 2.76. The average molecular weight is 335 g/mol. The highest BCUT2D eigenvalue weighted by Crippen LogP contribution is 2.20. The number of hydrogen-bond acceptors (Lipinski definition) is 5. The van der Waals surface area contributed by atoms with E-state index in [1.807, 2.05) is 13.0 Å². The fourth-order valence-electron chi connectivity index (χ4n) is 2.93. The number of amides is 2. The zero-order valence-corrected chi connectivity index (χ0v) is 14.3. The van der Waals surface area contributed by atoms with Crippen LogP contribution in [0.5, 0.6) is 0 Å². The van der Waals surface area contributed by atoms with E-state index >= 15 is 0 Å². The van der Waals surface area contributed by atoms with Crippen LogP contribution in [-0.4, -0.2) is 59.9 Å². The van der Waals surface area contributed by atoms with Gasteiger partial charge in [-0.15, -0.1) is 0 Å². The number of ether oxygens (including phenoxy) is 1. The van der Waals surface area contributed by atoms with E-state index in [0.29, 0.717) is 38.1 Å². The molecule has 0 saturated carbocycles. The lowest BCUT2D eigenvalue weighted by Gasteiger charge is -2.27. The van der Waals surface area contributed by atoms with Crippen LogP contribution in [0.1, 0.15) is 33.1 Å². The van der Waals surface area contributed by atoms with Crippen molar-refractivity contribution in [3.05, 3.63) is 24.0 Å². The molecule has 1 saturated heterocycles. The van der Waals surface area contributed by atoms with Crippen LogP contribution < -0.4 is 5.32 Å². The number of hydrogen-bond donors (Lipinski definition) is 1. The van der Waals surface area contributed by atoms with Crippen molar-refractivity contribution < 1.29 is 19.1 Å². The fraction of sp³-hybridized carbons (Fsp3) is 0.588. The second-order valence-corrected chi connectivity index (χ2v) is 5.77. The quantitative estimate of drug-likeness (QED) is 0.726. The van der Waals surface area contributed by atoms with E-state index < -0.39 is 6.04 Å². The maximum absolute atomic E-state index is 12.5. The molecule has 0 spiro atoms. The largest absolute Gasteiger partial charge is 0.464 e. The second-order valence-electron chi connectivity index (χ2n) is 5.77. The zero-order chi connectivity index (χ0) is 17.5. The standard InChI is InChI=1S/C17H25N3O4/c1-3-18-16(22)13-7-5-9-19(11-13)12-15(21)20-10-6-8-14(20)17(23)24-4-2/h5,9,11,14H,3-4,6-8,10,12H2,1-2H3,(H,18,22). The summed E-state index contributed by atoms with van der Waals surface area (Å²) in [6, 6.07) is -0.488. The number of likely N-dealkylation sites (tertiary alicyclic amines) is 1. The summed E-state index contributed by atoms with van der Waals surface area (Å²) in [6.45, 7) is 5.16. The normalized spacial score (nSPS) is 19.9. The summed E-state index contributed by atoms with van der Waals surface area (Å²) < 4.78 is 5.05. The Kier molecular flexibility index (Phi) is 6.40. The Bertz CT molecular complexity index is 556. The first-order chi connectivity index (χ1) is 11.6. The van der Waals surface area contributed by atoms with Gasteiger partial charge in [0.25, 0.3) is 0 Å². The van der Waals surface area contributed by atoms with Gasteiger partial charge in [0.05, 0.1) is 6.61 Å². The molecule has 7 heteroatoms. The molecular weight excluding hydrogens is 310 g/mol. The van der Waals surface area contributed by atoms with Gasteiger partial charge < -0.3 is 19.9 Å². The lowest BCUT2D eigenvalue weighted by Crippen LogP contribution is -2.45. The van der Waals surface area contributed by atoms with E-state index in [2.05, 4.69) is 5.32 Å². The Labute approximate surface area is 142 Å². The van der Waals surface area contributed by atoms with Gasteiger partial charge >= 0.3 is 5.97 Å². The Hall–Kier alpha value is -2.31. The predicted molar refractivity (Wildman–Crippen MR) is 88.6 cm³/mol. The molecule has 7 nitrogen and oxygen atoms in total. The number of nitrogens with zero attached hydrogens (tertiary/aromatic N) is 2. The minimum atomic E-state index is -0.488. The molecule has 2 aliphatic heterocycles. The van der Waals surface area contributed by atoms with Crippen LogP contribution in [0.15, 0.2) is 24.0 Å². The molecule has 132 valence electrons. The van der Waals surface area contributed by atoms with Crippen LogP contribution in [0.3, 0.4) is 0 Å². The Morgan fingerprint density at radius 2 is 2.12 bits per heavy atom. The van der Waals surface area contributed by atoms with Crippen molar-refractivity contribution in [3.63, 3.8) is 0 Å². The van der Waals surface area contributed by atoms with E-state index in [1.54, 1.807) is 29.1 Å². The summed E-state index contributed by atoms with van der Waals surface area (Å²) in [5.74, 6) is -0.593. The molecule has 0 bridgehead atoms. The third-order valence-corrected chi connectivity index (χ3v) is 4.03. The SMILES string of the molecule is CCNC(=O)C1=CN(CC(=O)N2CCCC2C(=O)OCC)C=CC1. The van der Waals surface area contributed by atoms with Gasteiger partial charge in [0.15, 0.2) is 0 Å². The first-order valence-electron chi connectivity index (χ1n) is 8.44. The van der Waals surface area contributed by atoms with Gasteiger partial charge in [-0.3, -0.25) is 9.59 Å². The lowest BCUT2D eigenvalue weighted by molar-refractivity contribution is -0.153. The van der Waals surface area contributed by atoms with Gasteiger partial charge in [-0.25, -0.2) is 4.79 Å². The zero-order valence-electron chi connectivity index (χ0n) is 14.3. The molecule has 2 rings (SSSR count). The third kappa shape index (κ3) is 4.37. The highest BCUT2D eigenvalue weighted by molar-refractivity contribution is 5.94. The highest BCUT2D eigenvalue weighted by atomic mass is 16.5. The molecule has 0 aromatic rings. The maximum atomic E-state index is 12.5. The van der Waals surface area contributed by atoms with Gasteiger partial charge in [0.2, 0.25) is 11.8 Å². The summed E-state index contributed by atoms with van der Waals surface area (Å²) in [4.78, 5) is 39.7. The number of carbonyl (C=O) groups is 3. The lowest BCUT2D eigenvalue weighted by atomic mass is 10.1. The minimum Gasteiger partial charge on any atom is -0.464 e. The van der Waals surface area contributed by atoms with Crippen LogP contribution in [0.2, 0.25) is 0 Å². The second kappa shape index (κ2) is 8.52. The fourth-order valence-corrected chi connectivity index (χ4v) is 2.93. The van der Waals surface area contributed by atoms with Crippen LogP contribution in [-0.2, 0) is 19.1 Å². The average Bonchev–Trinajstić information content (AvgIpc) is 3.05. The Morgan fingerprint density at radius 3 is 2.83 bits per heavy atom. The molecule has 0 aliphatic carbocycles. The Balaban J connectivity index is 1.98. The molecule has 0 radical (unpaired) electrons. The van der Waals surface area contributed by atoms with Crippen molar-refractivity contribution >= 4 is 17.8 Å². The minimum absolute atomic E-state index is 0.106. The van der Waals surface area contributed by atoms with Gasteiger partial charge in [-0.2, -0.15) is 0 Å². The van der Waals surface area contributed by atoms with Gasteiger partial charge in [0, 0.05) is 31.1 Å². The Morgan fingerprint density at radius 1 is 1.33 bits per heavy atom. The predicted octanol–water partition coefficient (Wildman–Crippen LogP) is 0.780. The summed E-state index contributed by atoms with van der Waals surface area (Å²) in [6.07, 6.45) is 7.32. The van der Waals surface area contributed by atoms with E-state index in [9.17, 15) is 14.4 Å². The molecule has 2 aliphatic rings. The van der Waals surface area contributed by atoms with Crippen molar-refractivity contribution in [3.8, 4) is 0 Å². The highest BCUT2D eigenvalue weighted by Gasteiger charge is 2.35. The first kappa shape index (κ1) is 18.0. The molecular formula is C17H25N3O4. The van der Waals surface area contributed by atoms with Gasteiger partial charge in [0.1, 0.15) is 12.6 Å². The van der Waals surface area contributed by atoms with Crippen LogP contribution in [0.25, 0.3) is 0 Å². The monoisotopic (exact) mass is 335 g/mol. The number of rotatable bonds is 6. The number of allylic oxidation sites excluding steroid dienone is 1. The van der Waals surface area contributed by atoms with Crippen LogP contribution in [0.4, 0.5) is 0 Å². The molecule has 1 unspecified atom stereocenters. The van der Waals surface area contributed by atoms with E-state index in [-0.39, 0.29) is 24.3 Å². The molecule has 2 amide bonds. The summed E-state index contributed by atoms with van der Waals surface area (Å²) >= 11 is 0. The summed E-state index contributed by atoms with van der Waals surface area (Å²) in [7, 11) is 0. The molecule has 24 heavy (non-hydrogen) atoms. The van der Waals surface area contributed by atoms with E-state index in [0.717, 1.165) is 6.42 Å². The molecule has 0 aromatic carbocycles. The van der Waals surface area contributed by atoms with Crippen molar-refractivity contribution in [1.82, 2.24) is 15.1 Å². The summed E-state index contributed by atoms with van der Waals surface area (Å²) in [5.41, 5.74) is 0.621. The van der Waals surface area contributed by atoms with E-state index in [1.165, 1.54) is 0 Å². The van der Waals surface area contributed by atoms with Crippen molar-refractivity contribution in [1.29, 1.82) is 0 Å². The van der Waals surface area contributed by atoms with Gasteiger partial charge in [-0.05, 0) is 33.1 Å². The number of nitrogens with one attached hydrogen (secondary N) is 1. The smallest absolute Gasteiger partial charge is 0.328 e. The van der Waals surface area contributed by atoms with Crippen molar-refractivity contribution in [2.24, 2.45) is 0 Å². The third-order valence-electron chi connectivity index (χ3n) is 4.03. The van der Waals surface area contributed by atoms with Gasteiger partial charge in [-0.1, -0.05) is 6.08 Å². The molecule has 1 fully saturated rings. The number of likely N-dealkylation sites (N-methyl/N-ethyl adjacent to an activating group) is 1. The molecule has 0 aromatic heterocycles. The van der Waals surface area contributed by atoms with E-state index in [4.69, 9.17) is 4.74 Å². The first-order valence-corrected chi connectivity index (χ1v) is 8.44.